The molecule has 11 aromatic rings. The predicted molar refractivity (Wildman–Crippen MR) is 248 cm³/mol. The van der Waals surface area contributed by atoms with E-state index in [1.165, 1.54) is 27.3 Å². The van der Waals surface area contributed by atoms with E-state index in [0.717, 1.165) is 77.9 Å². The van der Waals surface area contributed by atoms with E-state index in [9.17, 15) is 0 Å². The van der Waals surface area contributed by atoms with E-state index in [4.69, 9.17) is 9.97 Å². The third-order valence-corrected chi connectivity index (χ3v) is 11.4. The summed E-state index contributed by atoms with van der Waals surface area (Å²) >= 11 is 0. The number of hydrogen-bond donors (Lipinski definition) is 0. The Bertz CT molecular complexity index is 3250. The largest absolute Gasteiger partial charge is 0.310 e. The van der Waals surface area contributed by atoms with E-state index in [-0.39, 0.29) is 0 Å². The van der Waals surface area contributed by atoms with Crippen LogP contribution in [-0.2, 0) is 0 Å². The lowest BCUT2D eigenvalue weighted by Crippen LogP contribution is -2.11. The van der Waals surface area contributed by atoms with E-state index < -0.39 is 0 Å². The maximum Gasteiger partial charge on any atom is 0.0809 e. The van der Waals surface area contributed by atoms with Gasteiger partial charge in [0.05, 0.1) is 28.1 Å². The molecule has 0 atom stereocenters. The highest BCUT2D eigenvalue weighted by Gasteiger charge is 2.23. The summed E-state index contributed by atoms with van der Waals surface area (Å²) < 4.78 is 0. The van der Waals surface area contributed by atoms with Crippen LogP contribution in [0.2, 0.25) is 0 Å². The van der Waals surface area contributed by atoms with Crippen LogP contribution >= 0.6 is 0 Å². The van der Waals surface area contributed by atoms with Crippen molar-refractivity contribution in [1.82, 2.24) is 9.97 Å². The molecule has 0 amide bonds. The molecule has 3 heteroatoms. The van der Waals surface area contributed by atoms with E-state index in [1.807, 2.05) is 0 Å². The van der Waals surface area contributed by atoms with Crippen molar-refractivity contribution in [3.8, 4) is 44.8 Å². The van der Waals surface area contributed by atoms with Crippen molar-refractivity contribution in [2.45, 2.75) is 0 Å². The number of nitrogens with zero attached hydrogens (tertiary/aromatic N) is 3. The molecular weight excluding hydrogens is 715 g/mol. The normalized spacial score (nSPS) is 11.4. The van der Waals surface area contributed by atoms with Crippen molar-refractivity contribution in [3.63, 3.8) is 0 Å². The standard InChI is InChI=1S/C56H37N3/c1-4-17-38(18-5-1)39-31-33-40(34-32-39)49-37-52(57-50-29-14-12-27-47(49)50)42-20-16-21-43(35-42)56-55-53(59(44-22-6-2-7-23-44)45-24-8-3-9-25-45)36-41-19-10-11-26-46(41)54(55)48-28-13-15-30-51(48)58-56/h1-37H. The maximum atomic E-state index is 5.55. The van der Waals surface area contributed by atoms with Crippen molar-refractivity contribution >= 4 is 60.4 Å². The fraction of sp³-hybridized carbons (Fsp3) is 0. The molecule has 9 aromatic carbocycles. The van der Waals surface area contributed by atoms with E-state index in [0.29, 0.717) is 0 Å². The van der Waals surface area contributed by atoms with Gasteiger partial charge >= 0.3 is 0 Å². The topological polar surface area (TPSA) is 29.0 Å². The number of pyridine rings is 2. The Hall–Kier alpha value is -7.88. The van der Waals surface area contributed by atoms with Crippen LogP contribution in [0.4, 0.5) is 17.1 Å². The van der Waals surface area contributed by atoms with Gasteiger partial charge in [0.25, 0.3) is 0 Å². The summed E-state index contributed by atoms with van der Waals surface area (Å²) in [6.07, 6.45) is 0. The highest BCUT2D eigenvalue weighted by molar-refractivity contribution is 6.27. The van der Waals surface area contributed by atoms with Gasteiger partial charge in [-0.2, -0.15) is 0 Å². The second kappa shape index (κ2) is 14.6. The Labute approximate surface area is 343 Å². The van der Waals surface area contributed by atoms with Crippen molar-refractivity contribution in [3.05, 3.63) is 224 Å². The van der Waals surface area contributed by atoms with Crippen LogP contribution in [-0.4, -0.2) is 9.97 Å². The SMILES string of the molecule is c1ccc(-c2ccc(-c3cc(-c4cccc(-c5nc6ccccc6c6c5c(N(c5ccccc5)c5ccccc5)cc5ccccc56)c4)nc4ccccc34)cc2)cc1. The maximum absolute atomic E-state index is 5.55. The van der Waals surface area contributed by atoms with Crippen LogP contribution in [0, 0.1) is 0 Å². The Morgan fingerprint density at radius 3 is 1.56 bits per heavy atom. The molecule has 0 aliphatic heterocycles. The Kier molecular flexibility index (Phi) is 8.49. The molecule has 59 heavy (non-hydrogen) atoms. The van der Waals surface area contributed by atoms with Gasteiger partial charge in [0.2, 0.25) is 0 Å². The minimum absolute atomic E-state index is 0.915. The number of aromatic nitrogens is 2. The highest BCUT2D eigenvalue weighted by atomic mass is 15.1. The zero-order chi connectivity index (χ0) is 39.1. The van der Waals surface area contributed by atoms with Crippen LogP contribution in [0.1, 0.15) is 0 Å². The molecule has 2 heterocycles. The second-order valence-corrected chi connectivity index (χ2v) is 14.9. The molecule has 0 bridgehead atoms. The summed E-state index contributed by atoms with van der Waals surface area (Å²) in [5.74, 6) is 0. The summed E-state index contributed by atoms with van der Waals surface area (Å²) in [5.41, 5.74) is 13.7. The van der Waals surface area contributed by atoms with Crippen molar-refractivity contribution in [2.24, 2.45) is 0 Å². The molecule has 0 saturated heterocycles. The van der Waals surface area contributed by atoms with Gasteiger partial charge in [0, 0.05) is 44.0 Å². The minimum Gasteiger partial charge on any atom is -0.310 e. The molecule has 0 unspecified atom stereocenters. The number of rotatable bonds is 7. The summed E-state index contributed by atoms with van der Waals surface area (Å²) in [7, 11) is 0. The fourth-order valence-electron chi connectivity index (χ4n) is 8.64. The molecule has 0 radical (unpaired) electrons. The fourth-order valence-corrected chi connectivity index (χ4v) is 8.64. The average molecular weight is 752 g/mol. The first kappa shape index (κ1) is 34.4. The smallest absolute Gasteiger partial charge is 0.0809 e. The van der Waals surface area contributed by atoms with Gasteiger partial charge in [-0.3, -0.25) is 0 Å². The lowest BCUT2D eigenvalue weighted by molar-refractivity contribution is 1.30. The molecule has 0 aliphatic rings. The van der Waals surface area contributed by atoms with Crippen LogP contribution in [0.5, 0.6) is 0 Å². The Balaban J connectivity index is 1.15. The van der Waals surface area contributed by atoms with Gasteiger partial charge in [-0.25, -0.2) is 9.97 Å². The summed E-state index contributed by atoms with van der Waals surface area (Å²) in [6, 6.07) is 79.8. The summed E-state index contributed by atoms with van der Waals surface area (Å²) in [4.78, 5) is 13.2. The highest BCUT2D eigenvalue weighted by Crippen LogP contribution is 2.47. The zero-order valence-corrected chi connectivity index (χ0v) is 32.2. The minimum atomic E-state index is 0.915. The van der Waals surface area contributed by atoms with Crippen LogP contribution in [0.15, 0.2) is 224 Å². The number of benzene rings is 9. The van der Waals surface area contributed by atoms with Gasteiger partial charge in [-0.05, 0) is 87.6 Å². The van der Waals surface area contributed by atoms with Crippen LogP contribution in [0.25, 0.3) is 88.1 Å². The molecule has 0 fully saturated rings. The molecule has 0 saturated carbocycles. The van der Waals surface area contributed by atoms with Crippen LogP contribution < -0.4 is 4.90 Å². The van der Waals surface area contributed by atoms with Gasteiger partial charge in [0.1, 0.15) is 0 Å². The second-order valence-electron chi connectivity index (χ2n) is 14.9. The molecular formula is C56H37N3. The lowest BCUT2D eigenvalue weighted by atomic mass is 9.92. The van der Waals surface area contributed by atoms with Crippen molar-refractivity contribution < 1.29 is 0 Å². The van der Waals surface area contributed by atoms with Gasteiger partial charge in [0.15, 0.2) is 0 Å². The number of para-hydroxylation sites is 4. The van der Waals surface area contributed by atoms with E-state index in [2.05, 4.69) is 229 Å². The first-order chi connectivity index (χ1) is 29.3. The van der Waals surface area contributed by atoms with Crippen molar-refractivity contribution in [1.29, 1.82) is 0 Å². The molecule has 11 rings (SSSR count). The Morgan fingerprint density at radius 2 is 0.847 bits per heavy atom. The number of fused-ring (bicyclic) bond motifs is 6. The quantitative estimate of drug-likeness (QED) is 0.152. The predicted octanol–water partition coefficient (Wildman–Crippen LogP) is 15.2. The molecule has 0 N–H and O–H groups in total. The average Bonchev–Trinajstić information content (AvgIpc) is 3.32. The zero-order valence-electron chi connectivity index (χ0n) is 32.2. The lowest BCUT2D eigenvalue weighted by Gasteiger charge is -2.28. The summed E-state index contributed by atoms with van der Waals surface area (Å²) in [6.45, 7) is 0. The Morgan fingerprint density at radius 1 is 0.322 bits per heavy atom. The molecule has 0 spiro atoms. The molecule has 2 aromatic heterocycles. The third kappa shape index (κ3) is 6.17. The van der Waals surface area contributed by atoms with E-state index >= 15 is 0 Å². The third-order valence-electron chi connectivity index (χ3n) is 11.4. The monoisotopic (exact) mass is 751 g/mol. The molecule has 0 aliphatic carbocycles. The number of hydrogen-bond acceptors (Lipinski definition) is 3. The summed E-state index contributed by atoms with van der Waals surface area (Å²) in [5, 5.41) is 6.90. The number of anilines is 3. The first-order valence-electron chi connectivity index (χ1n) is 20.1. The van der Waals surface area contributed by atoms with E-state index in [1.54, 1.807) is 0 Å². The van der Waals surface area contributed by atoms with Gasteiger partial charge in [-0.1, -0.05) is 170 Å². The van der Waals surface area contributed by atoms with Gasteiger partial charge in [-0.15, -0.1) is 0 Å². The van der Waals surface area contributed by atoms with Crippen LogP contribution in [0.3, 0.4) is 0 Å². The van der Waals surface area contributed by atoms with Crippen molar-refractivity contribution in [2.75, 3.05) is 4.90 Å². The molecule has 3 nitrogen and oxygen atoms in total. The molecule has 276 valence electrons. The van der Waals surface area contributed by atoms with Gasteiger partial charge < -0.3 is 4.90 Å². The first-order valence-corrected chi connectivity index (χ1v) is 20.1.